The SMILES string of the molecule is CC1(C)CC2=NNC(=O)c3cccc4c3c2c(n4CCO)C1. The van der Waals surface area contributed by atoms with Gasteiger partial charge in [0.15, 0.2) is 0 Å². The predicted octanol–water partition coefficient (Wildman–Crippen LogP) is 2.05. The van der Waals surface area contributed by atoms with Crippen LogP contribution in [-0.2, 0) is 13.0 Å². The van der Waals surface area contributed by atoms with E-state index in [0.717, 1.165) is 35.0 Å². The summed E-state index contributed by atoms with van der Waals surface area (Å²) in [6.45, 7) is 5.06. The number of hydrazone groups is 1. The molecular formula is C17H19N3O2. The van der Waals surface area contributed by atoms with Crippen LogP contribution in [0.15, 0.2) is 23.3 Å². The second-order valence-electron chi connectivity index (χ2n) is 6.91. The minimum absolute atomic E-state index is 0.0829. The van der Waals surface area contributed by atoms with Gasteiger partial charge in [0.05, 0.1) is 17.9 Å². The average Bonchev–Trinajstić information content (AvgIpc) is 2.69. The topological polar surface area (TPSA) is 66.6 Å². The third-order valence-electron chi connectivity index (χ3n) is 4.64. The van der Waals surface area contributed by atoms with Gasteiger partial charge in [-0.3, -0.25) is 4.79 Å². The van der Waals surface area contributed by atoms with E-state index < -0.39 is 0 Å². The van der Waals surface area contributed by atoms with Crippen LogP contribution in [-0.4, -0.2) is 27.9 Å². The number of aliphatic hydroxyl groups is 1. The van der Waals surface area contributed by atoms with Crippen LogP contribution in [0.5, 0.6) is 0 Å². The van der Waals surface area contributed by atoms with Crippen molar-refractivity contribution in [3.8, 4) is 0 Å². The lowest BCUT2D eigenvalue weighted by molar-refractivity contribution is 0.0956. The molecule has 4 rings (SSSR count). The monoisotopic (exact) mass is 297 g/mol. The number of carbonyl (C=O) groups is 1. The Bertz CT molecular complexity index is 830. The third-order valence-corrected chi connectivity index (χ3v) is 4.64. The van der Waals surface area contributed by atoms with E-state index in [4.69, 9.17) is 0 Å². The lowest BCUT2D eigenvalue weighted by Crippen LogP contribution is -2.30. The molecule has 5 nitrogen and oxygen atoms in total. The zero-order valence-corrected chi connectivity index (χ0v) is 12.8. The smallest absolute Gasteiger partial charge is 0.272 e. The molecule has 0 saturated carbocycles. The van der Waals surface area contributed by atoms with Crippen LogP contribution in [0.25, 0.3) is 10.9 Å². The molecule has 114 valence electrons. The highest BCUT2D eigenvalue weighted by molar-refractivity contribution is 6.21. The van der Waals surface area contributed by atoms with Crippen molar-refractivity contribution in [1.82, 2.24) is 9.99 Å². The molecular weight excluding hydrogens is 278 g/mol. The summed E-state index contributed by atoms with van der Waals surface area (Å²) in [5.74, 6) is -0.158. The Morgan fingerprint density at radius 2 is 2.18 bits per heavy atom. The highest BCUT2D eigenvalue weighted by atomic mass is 16.3. The van der Waals surface area contributed by atoms with Gasteiger partial charge in [0.2, 0.25) is 0 Å². The van der Waals surface area contributed by atoms with Crippen molar-refractivity contribution in [3.05, 3.63) is 35.0 Å². The quantitative estimate of drug-likeness (QED) is 0.891. The van der Waals surface area contributed by atoms with Crippen LogP contribution < -0.4 is 5.43 Å². The number of benzene rings is 1. The first kappa shape index (κ1) is 13.5. The maximum Gasteiger partial charge on any atom is 0.272 e. The molecule has 2 heterocycles. The Balaban J connectivity index is 2.14. The van der Waals surface area contributed by atoms with Crippen molar-refractivity contribution in [2.24, 2.45) is 10.5 Å². The molecule has 0 saturated heterocycles. The van der Waals surface area contributed by atoms with E-state index >= 15 is 0 Å². The highest BCUT2D eigenvalue weighted by Crippen LogP contribution is 2.41. The van der Waals surface area contributed by atoms with E-state index in [-0.39, 0.29) is 17.9 Å². The number of rotatable bonds is 2. The van der Waals surface area contributed by atoms with Gasteiger partial charge in [-0.2, -0.15) is 5.10 Å². The van der Waals surface area contributed by atoms with Crippen molar-refractivity contribution in [1.29, 1.82) is 0 Å². The summed E-state index contributed by atoms with van der Waals surface area (Å²) in [6.07, 6.45) is 1.76. The minimum atomic E-state index is -0.158. The van der Waals surface area contributed by atoms with E-state index in [0.29, 0.717) is 12.1 Å². The van der Waals surface area contributed by atoms with Crippen LogP contribution in [0.3, 0.4) is 0 Å². The number of aromatic nitrogens is 1. The molecule has 1 aromatic heterocycles. The van der Waals surface area contributed by atoms with Gasteiger partial charge in [0, 0.05) is 28.7 Å². The van der Waals surface area contributed by atoms with Crippen LogP contribution in [0.2, 0.25) is 0 Å². The fourth-order valence-electron chi connectivity index (χ4n) is 3.82. The summed E-state index contributed by atoms with van der Waals surface area (Å²) in [5, 5.41) is 14.8. The van der Waals surface area contributed by atoms with Gasteiger partial charge in [-0.25, -0.2) is 5.43 Å². The summed E-state index contributed by atoms with van der Waals surface area (Å²) in [7, 11) is 0. The second-order valence-corrected chi connectivity index (χ2v) is 6.91. The zero-order chi connectivity index (χ0) is 15.5. The Kier molecular flexibility index (Phi) is 2.72. The van der Waals surface area contributed by atoms with Gasteiger partial charge >= 0.3 is 0 Å². The van der Waals surface area contributed by atoms with Crippen molar-refractivity contribution in [2.45, 2.75) is 33.2 Å². The molecule has 0 spiro atoms. The van der Waals surface area contributed by atoms with E-state index in [1.54, 1.807) is 0 Å². The molecule has 2 aromatic rings. The van der Waals surface area contributed by atoms with Gasteiger partial charge in [-0.1, -0.05) is 19.9 Å². The van der Waals surface area contributed by atoms with Crippen molar-refractivity contribution >= 4 is 22.5 Å². The first-order chi connectivity index (χ1) is 10.5. The molecule has 5 heteroatoms. The van der Waals surface area contributed by atoms with Gasteiger partial charge in [-0.15, -0.1) is 0 Å². The molecule has 1 aromatic carbocycles. The van der Waals surface area contributed by atoms with E-state index in [1.807, 2.05) is 18.2 Å². The first-order valence-electron chi connectivity index (χ1n) is 7.64. The van der Waals surface area contributed by atoms with Gasteiger partial charge in [0.1, 0.15) is 0 Å². The molecule has 0 bridgehead atoms. The predicted molar refractivity (Wildman–Crippen MR) is 85.1 cm³/mol. The number of aliphatic hydroxyl groups excluding tert-OH is 1. The fraction of sp³-hybridized carbons (Fsp3) is 0.412. The van der Waals surface area contributed by atoms with Crippen LogP contribution in [0.1, 0.15) is 41.9 Å². The van der Waals surface area contributed by atoms with Gasteiger partial charge in [-0.05, 0) is 30.4 Å². The number of hydrogen-bond donors (Lipinski definition) is 2. The lowest BCUT2D eigenvalue weighted by Gasteiger charge is -2.31. The molecule has 0 unspecified atom stereocenters. The van der Waals surface area contributed by atoms with E-state index in [9.17, 15) is 9.90 Å². The van der Waals surface area contributed by atoms with E-state index in [1.165, 1.54) is 5.69 Å². The van der Waals surface area contributed by atoms with Crippen LogP contribution >= 0.6 is 0 Å². The molecule has 2 N–H and O–H groups in total. The largest absolute Gasteiger partial charge is 0.395 e. The van der Waals surface area contributed by atoms with Crippen LogP contribution in [0, 0.1) is 5.41 Å². The standard InChI is InChI=1S/C17H19N3O2/c1-17(2)8-11-15-13(9-17)20(6-7-21)12-5-3-4-10(14(12)15)16(22)19-18-11/h3-5,21H,6-9H2,1-2H3,(H,19,22). The molecule has 0 fully saturated rings. The second kappa shape index (κ2) is 4.43. The average molecular weight is 297 g/mol. The van der Waals surface area contributed by atoms with Gasteiger partial charge in [0.25, 0.3) is 5.91 Å². The minimum Gasteiger partial charge on any atom is -0.395 e. The lowest BCUT2D eigenvalue weighted by atomic mass is 9.75. The molecule has 0 atom stereocenters. The summed E-state index contributed by atoms with van der Waals surface area (Å²) in [4.78, 5) is 12.3. The number of hydrogen-bond acceptors (Lipinski definition) is 3. The van der Waals surface area contributed by atoms with E-state index in [2.05, 4.69) is 28.9 Å². The molecule has 0 radical (unpaired) electrons. The molecule has 1 amide bonds. The number of amides is 1. The first-order valence-corrected chi connectivity index (χ1v) is 7.64. The Morgan fingerprint density at radius 3 is 2.95 bits per heavy atom. The summed E-state index contributed by atoms with van der Waals surface area (Å²) in [5.41, 5.74) is 7.68. The molecule has 1 aliphatic heterocycles. The summed E-state index contributed by atoms with van der Waals surface area (Å²) < 4.78 is 2.16. The van der Waals surface area contributed by atoms with Crippen LogP contribution in [0.4, 0.5) is 0 Å². The fourth-order valence-corrected chi connectivity index (χ4v) is 3.82. The number of nitrogens with one attached hydrogen (secondary N) is 1. The van der Waals surface area contributed by atoms with Crippen molar-refractivity contribution in [2.75, 3.05) is 6.61 Å². The summed E-state index contributed by atoms with van der Waals surface area (Å²) in [6, 6.07) is 5.77. The molecule has 2 aliphatic rings. The molecule has 22 heavy (non-hydrogen) atoms. The van der Waals surface area contributed by atoms with Gasteiger partial charge < -0.3 is 9.67 Å². The van der Waals surface area contributed by atoms with Crippen molar-refractivity contribution in [3.63, 3.8) is 0 Å². The summed E-state index contributed by atoms with van der Waals surface area (Å²) >= 11 is 0. The number of nitrogens with zero attached hydrogens (tertiary/aromatic N) is 2. The Hall–Kier alpha value is -2.14. The normalized spacial score (nSPS) is 18.9. The maximum absolute atomic E-state index is 12.3. The van der Waals surface area contributed by atoms with Crippen molar-refractivity contribution < 1.29 is 9.90 Å². The third kappa shape index (κ3) is 1.75. The molecule has 1 aliphatic carbocycles. The zero-order valence-electron chi connectivity index (χ0n) is 12.8. The Labute approximate surface area is 128 Å². The highest BCUT2D eigenvalue weighted by Gasteiger charge is 2.36. The maximum atomic E-state index is 12.3. The number of carbonyl (C=O) groups excluding carboxylic acids is 1. The Morgan fingerprint density at radius 1 is 1.36 bits per heavy atom.